The van der Waals surface area contributed by atoms with Crippen molar-refractivity contribution in [2.24, 2.45) is 5.14 Å². The van der Waals surface area contributed by atoms with Gasteiger partial charge in [0.25, 0.3) is 0 Å². The van der Waals surface area contributed by atoms with Crippen LogP contribution in [0.4, 0.5) is 5.69 Å². The van der Waals surface area contributed by atoms with Crippen LogP contribution in [0.1, 0.15) is 17.5 Å². The highest BCUT2D eigenvalue weighted by molar-refractivity contribution is 7.89. The van der Waals surface area contributed by atoms with Crippen molar-refractivity contribution in [3.63, 3.8) is 0 Å². The molecule has 0 heterocycles. The van der Waals surface area contributed by atoms with E-state index in [2.05, 4.69) is 11.2 Å². The lowest BCUT2D eigenvalue weighted by atomic mass is 10.1. The summed E-state index contributed by atoms with van der Waals surface area (Å²) in [6.07, 6.45) is 4.95. The van der Waals surface area contributed by atoms with Crippen LogP contribution in [0.2, 0.25) is 0 Å². The van der Waals surface area contributed by atoms with E-state index in [0.717, 1.165) is 11.1 Å². The van der Waals surface area contributed by atoms with Crippen LogP contribution >= 0.6 is 0 Å². The Morgan fingerprint density at radius 2 is 2.06 bits per heavy atom. The molecule has 0 unspecified atom stereocenters. The number of rotatable bonds is 3. The zero-order valence-corrected chi connectivity index (χ0v) is 11.0. The van der Waals surface area contributed by atoms with Crippen molar-refractivity contribution in [3.8, 4) is 12.3 Å². The van der Waals surface area contributed by atoms with Gasteiger partial charge in [-0.3, -0.25) is 4.79 Å². The monoisotopic (exact) mass is 266 g/mol. The first-order valence-electron chi connectivity index (χ1n) is 5.13. The van der Waals surface area contributed by atoms with Gasteiger partial charge < -0.3 is 5.32 Å². The van der Waals surface area contributed by atoms with Crippen LogP contribution in [0.15, 0.2) is 17.0 Å². The predicted molar refractivity (Wildman–Crippen MR) is 69.4 cm³/mol. The number of nitrogens with two attached hydrogens (primary N) is 1. The molecular weight excluding hydrogens is 252 g/mol. The van der Waals surface area contributed by atoms with Gasteiger partial charge in [0.2, 0.25) is 15.9 Å². The van der Waals surface area contributed by atoms with Gasteiger partial charge in [-0.25, -0.2) is 13.6 Å². The molecule has 0 spiro atoms. The van der Waals surface area contributed by atoms with Gasteiger partial charge in [0.1, 0.15) is 0 Å². The third kappa shape index (κ3) is 3.32. The summed E-state index contributed by atoms with van der Waals surface area (Å²) in [4.78, 5) is 11.4. The quantitative estimate of drug-likeness (QED) is 0.797. The van der Waals surface area contributed by atoms with E-state index < -0.39 is 10.0 Å². The second-order valence-electron chi connectivity index (χ2n) is 3.89. The Kier molecular flexibility index (Phi) is 4.11. The van der Waals surface area contributed by atoms with E-state index >= 15 is 0 Å². The van der Waals surface area contributed by atoms with E-state index in [1.165, 1.54) is 12.1 Å². The summed E-state index contributed by atoms with van der Waals surface area (Å²) < 4.78 is 22.6. The zero-order valence-electron chi connectivity index (χ0n) is 10.1. The van der Waals surface area contributed by atoms with E-state index in [-0.39, 0.29) is 17.2 Å². The molecule has 0 aliphatic rings. The molecule has 5 nitrogen and oxygen atoms in total. The van der Waals surface area contributed by atoms with Crippen LogP contribution in [-0.4, -0.2) is 14.3 Å². The standard InChI is InChI=1S/C12H14N2O3S/c1-4-5-12(15)14-11-7-10(18(13,16)17)6-8(2)9(11)3/h1,6-7H,5H2,2-3H3,(H,14,15)(H2,13,16,17). The minimum absolute atomic E-state index is 0.0402. The number of primary sulfonamides is 1. The van der Waals surface area contributed by atoms with E-state index in [1.807, 2.05) is 0 Å². The Morgan fingerprint density at radius 3 is 2.56 bits per heavy atom. The van der Waals surface area contributed by atoms with Crippen LogP contribution in [0.3, 0.4) is 0 Å². The normalized spacial score (nSPS) is 10.8. The molecule has 0 saturated carbocycles. The average Bonchev–Trinajstić information content (AvgIpc) is 2.23. The molecule has 0 aliphatic carbocycles. The molecule has 0 atom stereocenters. The van der Waals surface area contributed by atoms with Crippen molar-refractivity contribution in [3.05, 3.63) is 23.3 Å². The maximum absolute atomic E-state index is 11.4. The van der Waals surface area contributed by atoms with Crippen molar-refractivity contribution in [2.45, 2.75) is 25.2 Å². The number of carbonyl (C=O) groups excluding carboxylic acids is 1. The molecule has 1 aromatic rings. The van der Waals surface area contributed by atoms with Crippen molar-refractivity contribution in [2.75, 3.05) is 5.32 Å². The molecule has 0 aromatic heterocycles. The third-order valence-electron chi connectivity index (χ3n) is 2.51. The van der Waals surface area contributed by atoms with E-state index in [4.69, 9.17) is 11.6 Å². The second-order valence-corrected chi connectivity index (χ2v) is 5.45. The number of hydrogen-bond donors (Lipinski definition) is 2. The number of carbonyl (C=O) groups is 1. The highest BCUT2D eigenvalue weighted by Crippen LogP contribution is 2.23. The maximum Gasteiger partial charge on any atom is 0.238 e. The van der Waals surface area contributed by atoms with E-state index in [9.17, 15) is 13.2 Å². The molecule has 1 amide bonds. The van der Waals surface area contributed by atoms with Crippen molar-refractivity contribution in [1.29, 1.82) is 0 Å². The Labute approximate surface area is 106 Å². The summed E-state index contributed by atoms with van der Waals surface area (Å²) >= 11 is 0. The first-order valence-corrected chi connectivity index (χ1v) is 6.67. The molecule has 1 aromatic carbocycles. The minimum Gasteiger partial charge on any atom is -0.325 e. The fourth-order valence-corrected chi connectivity index (χ4v) is 2.03. The summed E-state index contributed by atoms with van der Waals surface area (Å²) in [7, 11) is -3.80. The molecule has 0 aliphatic heterocycles. The molecule has 96 valence electrons. The molecule has 18 heavy (non-hydrogen) atoms. The SMILES string of the molecule is C#CCC(=O)Nc1cc(S(N)(=O)=O)cc(C)c1C. The van der Waals surface area contributed by atoms with Gasteiger partial charge in [0, 0.05) is 5.69 Å². The number of nitrogens with one attached hydrogen (secondary N) is 1. The average molecular weight is 266 g/mol. The first-order chi connectivity index (χ1) is 8.25. The maximum atomic E-state index is 11.4. The second kappa shape index (κ2) is 5.21. The smallest absolute Gasteiger partial charge is 0.238 e. The molecule has 0 fully saturated rings. The summed E-state index contributed by atoms with van der Waals surface area (Å²) in [6, 6.07) is 2.79. The van der Waals surface area contributed by atoms with Crippen LogP contribution < -0.4 is 10.5 Å². The minimum atomic E-state index is -3.80. The number of benzene rings is 1. The van der Waals surface area contributed by atoms with Crippen LogP contribution in [0, 0.1) is 26.2 Å². The number of sulfonamides is 1. The van der Waals surface area contributed by atoms with Gasteiger partial charge in [-0.15, -0.1) is 6.42 Å². The fraction of sp³-hybridized carbons (Fsp3) is 0.250. The number of terminal acetylenes is 1. The number of amides is 1. The zero-order chi connectivity index (χ0) is 13.9. The topological polar surface area (TPSA) is 89.3 Å². The fourth-order valence-electron chi connectivity index (χ4n) is 1.41. The summed E-state index contributed by atoms with van der Waals surface area (Å²) in [6.45, 7) is 3.51. The summed E-state index contributed by atoms with van der Waals surface area (Å²) in [5, 5.41) is 7.62. The number of aryl methyl sites for hydroxylation is 1. The summed E-state index contributed by atoms with van der Waals surface area (Å²) in [5.74, 6) is 1.84. The van der Waals surface area contributed by atoms with Crippen molar-refractivity contribution < 1.29 is 13.2 Å². The van der Waals surface area contributed by atoms with Gasteiger partial charge in [-0.2, -0.15) is 0 Å². The molecule has 3 N–H and O–H groups in total. The van der Waals surface area contributed by atoms with Gasteiger partial charge in [0.15, 0.2) is 0 Å². The third-order valence-corrected chi connectivity index (χ3v) is 3.40. The van der Waals surface area contributed by atoms with E-state index in [1.54, 1.807) is 13.8 Å². The molecule has 1 rings (SSSR count). The predicted octanol–water partition coefficient (Wildman–Crippen LogP) is 0.913. The molecule has 0 saturated heterocycles. The highest BCUT2D eigenvalue weighted by Gasteiger charge is 2.13. The van der Waals surface area contributed by atoms with Gasteiger partial charge in [-0.05, 0) is 37.1 Å². The Bertz CT molecular complexity index is 627. The number of anilines is 1. The van der Waals surface area contributed by atoms with Crippen molar-refractivity contribution in [1.82, 2.24) is 0 Å². The molecule has 6 heteroatoms. The number of hydrogen-bond acceptors (Lipinski definition) is 3. The van der Waals surface area contributed by atoms with E-state index in [0.29, 0.717) is 5.69 Å². The highest BCUT2D eigenvalue weighted by atomic mass is 32.2. The lowest BCUT2D eigenvalue weighted by Gasteiger charge is -2.11. The van der Waals surface area contributed by atoms with Gasteiger partial charge >= 0.3 is 0 Å². The van der Waals surface area contributed by atoms with Crippen LogP contribution in [-0.2, 0) is 14.8 Å². The van der Waals surface area contributed by atoms with Gasteiger partial charge in [0.05, 0.1) is 11.3 Å². The Hall–Kier alpha value is -1.84. The summed E-state index contributed by atoms with van der Waals surface area (Å²) in [5.41, 5.74) is 1.89. The Morgan fingerprint density at radius 1 is 1.44 bits per heavy atom. The largest absolute Gasteiger partial charge is 0.325 e. The molecule has 0 radical (unpaired) electrons. The van der Waals surface area contributed by atoms with Crippen LogP contribution in [0.5, 0.6) is 0 Å². The van der Waals surface area contributed by atoms with Crippen LogP contribution in [0.25, 0.3) is 0 Å². The Balaban J connectivity index is 3.24. The molecule has 0 bridgehead atoms. The first kappa shape index (κ1) is 14.2. The lowest BCUT2D eigenvalue weighted by Crippen LogP contribution is -2.15. The van der Waals surface area contributed by atoms with Crippen molar-refractivity contribution >= 4 is 21.6 Å². The lowest BCUT2D eigenvalue weighted by molar-refractivity contribution is -0.115. The van der Waals surface area contributed by atoms with Gasteiger partial charge in [-0.1, -0.05) is 5.92 Å². The molecular formula is C12H14N2O3S.